The third-order valence-electron chi connectivity index (χ3n) is 1.73. The van der Waals surface area contributed by atoms with Crippen LogP contribution in [0.25, 0.3) is 0 Å². The van der Waals surface area contributed by atoms with Gasteiger partial charge in [0.2, 0.25) is 0 Å². The van der Waals surface area contributed by atoms with Gasteiger partial charge in [-0.15, -0.1) is 0 Å². The second kappa shape index (κ2) is 6.13. The molecule has 2 nitrogen and oxygen atoms in total. The van der Waals surface area contributed by atoms with Gasteiger partial charge in [-0.1, -0.05) is 23.4 Å². The Kier molecular flexibility index (Phi) is 4.69. The van der Waals surface area contributed by atoms with Crippen molar-refractivity contribution < 1.29 is 9.23 Å². The second-order valence-corrected chi connectivity index (χ2v) is 3.06. The molecule has 0 atom stereocenters. The molecule has 0 radical (unpaired) electrons. The molecule has 1 heterocycles. The molecule has 0 unspecified atom stereocenters. The molecule has 0 bridgehead atoms. The molecular formula is C11H14FNO. The lowest BCUT2D eigenvalue weighted by atomic mass is 10.2. The van der Waals surface area contributed by atoms with Crippen LogP contribution in [0.3, 0.4) is 0 Å². The summed E-state index contributed by atoms with van der Waals surface area (Å²) in [6, 6.07) is 7.94. The van der Waals surface area contributed by atoms with Crippen LogP contribution in [0.5, 0.6) is 0 Å². The highest BCUT2D eigenvalue weighted by Crippen LogP contribution is 2.00. The number of benzene rings is 1. The monoisotopic (exact) mass is 195 g/mol. The van der Waals surface area contributed by atoms with Gasteiger partial charge in [0.15, 0.2) is 0 Å². The van der Waals surface area contributed by atoms with Gasteiger partial charge < -0.3 is 4.84 Å². The zero-order valence-corrected chi connectivity index (χ0v) is 8.24. The molecule has 0 aromatic heterocycles. The molecule has 0 N–H and O–H groups in total. The summed E-state index contributed by atoms with van der Waals surface area (Å²) in [5.74, 6) is -0.178. The molecule has 76 valence electrons. The van der Waals surface area contributed by atoms with Gasteiger partial charge in [-0.25, -0.2) is 4.39 Å². The normalized spacial score (nSPS) is 14.6. The molecule has 0 saturated carbocycles. The van der Waals surface area contributed by atoms with Crippen LogP contribution < -0.4 is 0 Å². The summed E-state index contributed by atoms with van der Waals surface area (Å²) in [6.07, 6.45) is 2.25. The lowest BCUT2D eigenvalue weighted by Crippen LogP contribution is -2.02. The molecule has 1 aromatic carbocycles. The van der Waals surface area contributed by atoms with Crippen molar-refractivity contribution in [3.05, 3.63) is 36.1 Å². The number of hydrogen-bond acceptors (Lipinski definition) is 2. The van der Waals surface area contributed by atoms with Crippen LogP contribution in [0.1, 0.15) is 19.8 Å². The molecule has 0 saturated heterocycles. The van der Waals surface area contributed by atoms with Crippen molar-refractivity contribution in [3.8, 4) is 0 Å². The summed E-state index contributed by atoms with van der Waals surface area (Å²) >= 11 is 0. The molecule has 14 heavy (non-hydrogen) atoms. The Bertz CT molecular complexity index is 285. The Hall–Kier alpha value is -1.38. The number of rotatable bonds is 0. The number of hydrogen-bond donors (Lipinski definition) is 0. The van der Waals surface area contributed by atoms with Crippen LogP contribution in [-0.2, 0) is 4.84 Å². The van der Waals surface area contributed by atoms with Crippen molar-refractivity contribution >= 4 is 5.71 Å². The molecule has 0 amide bonds. The topological polar surface area (TPSA) is 21.6 Å². The predicted octanol–water partition coefficient (Wildman–Crippen LogP) is 3.00. The minimum atomic E-state index is -0.178. The maximum Gasteiger partial charge on any atom is 0.123 e. The smallest absolute Gasteiger partial charge is 0.123 e. The quantitative estimate of drug-likeness (QED) is 0.623. The van der Waals surface area contributed by atoms with E-state index in [2.05, 4.69) is 5.16 Å². The van der Waals surface area contributed by atoms with E-state index < -0.39 is 0 Å². The average Bonchev–Trinajstić information content (AvgIpc) is 2.21. The van der Waals surface area contributed by atoms with Crippen LogP contribution >= 0.6 is 0 Å². The Morgan fingerprint density at radius 1 is 1.29 bits per heavy atom. The molecule has 1 aliphatic rings. The van der Waals surface area contributed by atoms with Crippen molar-refractivity contribution in [1.29, 1.82) is 0 Å². The first-order valence-electron chi connectivity index (χ1n) is 4.65. The van der Waals surface area contributed by atoms with Crippen LogP contribution in [0.4, 0.5) is 4.39 Å². The molecule has 0 fully saturated rings. The van der Waals surface area contributed by atoms with E-state index in [0.29, 0.717) is 0 Å². The highest BCUT2D eigenvalue weighted by atomic mass is 19.1. The predicted molar refractivity (Wildman–Crippen MR) is 54.7 cm³/mol. The first-order chi connectivity index (χ1) is 6.79. The van der Waals surface area contributed by atoms with Crippen molar-refractivity contribution in [1.82, 2.24) is 0 Å². The van der Waals surface area contributed by atoms with E-state index >= 15 is 0 Å². The SMILES string of the molecule is CC1=NOCCC1.Fc1ccccc1. The fourth-order valence-corrected chi connectivity index (χ4v) is 1.01. The van der Waals surface area contributed by atoms with Gasteiger partial charge in [0.1, 0.15) is 12.4 Å². The Labute approximate surface area is 83.4 Å². The molecule has 1 aliphatic heterocycles. The van der Waals surface area contributed by atoms with Crippen LogP contribution in [0, 0.1) is 5.82 Å². The zero-order valence-electron chi connectivity index (χ0n) is 8.24. The van der Waals surface area contributed by atoms with Gasteiger partial charge in [0.05, 0.1) is 5.71 Å². The van der Waals surface area contributed by atoms with Crippen LogP contribution in [-0.4, -0.2) is 12.3 Å². The van der Waals surface area contributed by atoms with Crippen LogP contribution in [0.2, 0.25) is 0 Å². The minimum absolute atomic E-state index is 0.178. The molecule has 0 aliphatic carbocycles. The maximum atomic E-state index is 11.9. The number of nitrogens with zero attached hydrogens (tertiary/aromatic N) is 1. The molecule has 2 rings (SSSR count). The van der Waals surface area contributed by atoms with Gasteiger partial charge in [-0.05, 0) is 31.9 Å². The summed E-state index contributed by atoms with van der Waals surface area (Å²) in [7, 11) is 0. The Morgan fingerprint density at radius 2 is 2.00 bits per heavy atom. The Balaban J connectivity index is 0.000000140. The van der Waals surface area contributed by atoms with E-state index in [1.807, 2.05) is 6.92 Å². The lowest BCUT2D eigenvalue weighted by Gasteiger charge is -2.05. The standard InChI is InChI=1S/C6H5F.C5H9NO/c7-6-4-2-1-3-5-6;1-5-3-2-4-7-6-5/h1-5H;2-4H2,1H3. The van der Waals surface area contributed by atoms with Crippen molar-refractivity contribution in [2.45, 2.75) is 19.8 Å². The van der Waals surface area contributed by atoms with E-state index in [9.17, 15) is 4.39 Å². The summed E-state index contributed by atoms with van der Waals surface area (Å²) in [6.45, 7) is 2.79. The van der Waals surface area contributed by atoms with Crippen molar-refractivity contribution in [2.75, 3.05) is 6.61 Å². The van der Waals surface area contributed by atoms with E-state index in [1.165, 1.54) is 12.1 Å². The molecular weight excluding hydrogens is 181 g/mol. The average molecular weight is 195 g/mol. The highest BCUT2D eigenvalue weighted by Gasteiger charge is 1.97. The third-order valence-corrected chi connectivity index (χ3v) is 1.73. The summed E-state index contributed by atoms with van der Waals surface area (Å²) in [4.78, 5) is 4.77. The van der Waals surface area contributed by atoms with Crippen molar-refractivity contribution in [3.63, 3.8) is 0 Å². The first-order valence-corrected chi connectivity index (χ1v) is 4.65. The van der Waals surface area contributed by atoms with Crippen LogP contribution in [0.15, 0.2) is 35.5 Å². The Morgan fingerprint density at radius 3 is 2.29 bits per heavy atom. The highest BCUT2D eigenvalue weighted by molar-refractivity contribution is 5.81. The van der Waals surface area contributed by atoms with Gasteiger partial charge in [-0.2, -0.15) is 0 Å². The summed E-state index contributed by atoms with van der Waals surface area (Å²) in [5, 5.41) is 3.75. The summed E-state index contributed by atoms with van der Waals surface area (Å²) in [5.41, 5.74) is 1.12. The number of oxime groups is 1. The van der Waals surface area contributed by atoms with Crippen molar-refractivity contribution in [2.24, 2.45) is 5.16 Å². The molecule has 3 heteroatoms. The zero-order chi connectivity index (χ0) is 10.2. The maximum absolute atomic E-state index is 11.9. The number of halogens is 1. The third kappa shape index (κ3) is 4.60. The summed E-state index contributed by atoms with van der Waals surface area (Å²) < 4.78 is 11.9. The lowest BCUT2D eigenvalue weighted by molar-refractivity contribution is 0.131. The fourth-order valence-electron chi connectivity index (χ4n) is 1.01. The van der Waals surface area contributed by atoms with Gasteiger partial charge in [0, 0.05) is 0 Å². The largest absolute Gasteiger partial charge is 0.396 e. The minimum Gasteiger partial charge on any atom is -0.396 e. The first kappa shape index (κ1) is 10.7. The second-order valence-electron chi connectivity index (χ2n) is 3.06. The fraction of sp³-hybridized carbons (Fsp3) is 0.364. The molecule has 0 spiro atoms. The van der Waals surface area contributed by atoms with E-state index in [-0.39, 0.29) is 5.82 Å². The van der Waals surface area contributed by atoms with E-state index in [1.54, 1.807) is 18.2 Å². The van der Waals surface area contributed by atoms with Gasteiger partial charge in [0.25, 0.3) is 0 Å². The van der Waals surface area contributed by atoms with E-state index in [0.717, 1.165) is 25.2 Å². The van der Waals surface area contributed by atoms with Gasteiger partial charge in [-0.3, -0.25) is 0 Å². The van der Waals surface area contributed by atoms with E-state index in [4.69, 9.17) is 4.84 Å². The molecule has 1 aromatic rings. The van der Waals surface area contributed by atoms with Gasteiger partial charge >= 0.3 is 0 Å².